The Kier molecular flexibility index (Phi) is 6.46. The molecule has 9 nitrogen and oxygen atoms in total. The van der Waals surface area contributed by atoms with Crippen LogP contribution < -0.4 is 11.4 Å². The predicted octanol–water partition coefficient (Wildman–Crippen LogP) is 2.01. The number of aromatic nitrogens is 5. The van der Waals surface area contributed by atoms with Crippen LogP contribution in [0.3, 0.4) is 0 Å². The first-order valence-electron chi connectivity index (χ1n) is 11.1. The minimum atomic E-state index is -0.485. The Morgan fingerprint density at radius 3 is 2.70 bits per heavy atom. The Hall–Kier alpha value is -3.27. The van der Waals surface area contributed by atoms with E-state index in [0.29, 0.717) is 30.8 Å². The summed E-state index contributed by atoms with van der Waals surface area (Å²) in [5.74, 6) is 0.408. The van der Waals surface area contributed by atoms with Crippen LogP contribution >= 0.6 is 0 Å². The number of likely N-dealkylation sites (tertiary alicyclic amines) is 1. The van der Waals surface area contributed by atoms with Gasteiger partial charge in [0.1, 0.15) is 11.6 Å². The second kappa shape index (κ2) is 9.30. The van der Waals surface area contributed by atoms with Crippen LogP contribution in [-0.2, 0) is 24.9 Å². The highest BCUT2D eigenvalue weighted by molar-refractivity contribution is 5.25. The largest absolute Gasteiger partial charge is 0.373 e. The summed E-state index contributed by atoms with van der Waals surface area (Å²) in [5, 5.41) is 4.10. The van der Waals surface area contributed by atoms with Crippen LogP contribution in [0.4, 0.5) is 4.39 Å². The van der Waals surface area contributed by atoms with Crippen LogP contribution in [0.2, 0.25) is 0 Å². The van der Waals surface area contributed by atoms with Crippen molar-refractivity contribution in [2.24, 2.45) is 7.05 Å². The highest BCUT2D eigenvalue weighted by Crippen LogP contribution is 2.28. The number of nitrogens with zero attached hydrogens (tertiary/aromatic N) is 6. The molecule has 2 unspecified atom stereocenters. The van der Waals surface area contributed by atoms with Crippen molar-refractivity contribution >= 4 is 5.78 Å². The number of benzene rings is 1. The zero-order valence-electron chi connectivity index (χ0n) is 19.2. The average molecular weight is 457 g/mol. The molecular weight excluding hydrogens is 427 g/mol. The molecule has 0 N–H and O–H groups in total. The smallest absolute Gasteiger partial charge is 0.356 e. The Bertz CT molecular complexity index is 1290. The molecule has 0 aliphatic carbocycles. The van der Waals surface area contributed by atoms with Gasteiger partial charge in [-0.25, -0.2) is 18.5 Å². The summed E-state index contributed by atoms with van der Waals surface area (Å²) in [5.41, 5.74) is 0.590. The fourth-order valence-electron chi connectivity index (χ4n) is 4.41. The molecule has 0 bridgehead atoms. The summed E-state index contributed by atoms with van der Waals surface area (Å²) < 4.78 is 23.5. The van der Waals surface area contributed by atoms with Gasteiger partial charge in [0.05, 0.1) is 12.7 Å². The van der Waals surface area contributed by atoms with Gasteiger partial charge in [-0.15, -0.1) is 9.61 Å². The van der Waals surface area contributed by atoms with E-state index in [1.165, 1.54) is 15.2 Å². The van der Waals surface area contributed by atoms with Crippen LogP contribution in [-0.4, -0.2) is 47.3 Å². The van der Waals surface area contributed by atoms with Crippen molar-refractivity contribution in [3.63, 3.8) is 0 Å². The molecule has 33 heavy (non-hydrogen) atoms. The fourth-order valence-corrected chi connectivity index (χ4v) is 4.41. The number of fused-ring (bicyclic) bond motifs is 1. The third-order valence-corrected chi connectivity index (χ3v) is 6.14. The summed E-state index contributed by atoms with van der Waals surface area (Å²) >= 11 is 0. The fraction of sp³-hybridized carbons (Fsp3) is 0.478. The molecular formula is C23H29FN6O3. The van der Waals surface area contributed by atoms with Gasteiger partial charge in [0.2, 0.25) is 5.78 Å². The van der Waals surface area contributed by atoms with E-state index in [-0.39, 0.29) is 36.9 Å². The van der Waals surface area contributed by atoms with Crippen LogP contribution in [0.15, 0.2) is 46.1 Å². The topological polar surface area (TPSA) is 86.7 Å². The zero-order valence-corrected chi connectivity index (χ0v) is 19.2. The van der Waals surface area contributed by atoms with Crippen molar-refractivity contribution in [3.8, 4) is 0 Å². The summed E-state index contributed by atoms with van der Waals surface area (Å²) in [7, 11) is 1.58. The lowest BCUT2D eigenvalue weighted by Gasteiger charge is -2.40. The normalized spacial score (nSPS) is 18.9. The molecule has 2 atom stereocenters. The zero-order chi connectivity index (χ0) is 23.7. The molecule has 0 amide bonds. The molecule has 4 rings (SSSR count). The van der Waals surface area contributed by atoms with Gasteiger partial charge in [0.25, 0.3) is 0 Å². The maximum Gasteiger partial charge on any atom is 0.356 e. The van der Waals surface area contributed by atoms with Crippen LogP contribution in [0.25, 0.3) is 5.78 Å². The van der Waals surface area contributed by atoms with Crippen molar-refractivity contribution in [2.45, 2.75) is 58.4 Å². The van der Waals surface area contributed by atoms with E-state index in [1.807, 2.05) is 0 Å². The van der Waals surface area contributed by atoms with E-state index in [2.05, 4.69) is 28.5 Å². The van der Waals surface area contributed by atoms with Crippen LogP contribution in [0.1, 0.15) is 37.6 Å². The van der Waals surface area contributed by atoms with Crippen molar-refractivity contribution in [1.82, 2.24) is 28.6 Å². The van der Waals surface area contributed by atoms with Gasteiger partial charge in [-0.3, -0.25) is 4.57 Å². The number of hydrogen-bond donors (Lipinski definition) is 0. The molecule has 1 aliphatic heterocycles. The third-order valence-electron chi connectivity index (χ3n) is 6.14. The first-order chi connectivity index (χ1) is 15.8. The van der Waals surface area contributed by atoms with E-state index in [4.69, 9.17) is 4.74 Å². The molecule has 2 aromatic heterocycles. The highest BCUT2D eigenvalue weighted by atomic mass is 19.1. The Morgan fingerprint density at radius 1 is 1.21 bits per heavy atom. The molecule has 3 heterocycles. The number of ether oxygens (including phenoxy) is 1. The number of piperidine rings is 1. The lowest BCUT2D eigenvalue weighted by molar-refractivity contribution is -0.00436. The van der Waals surface area contributed by atoms with Gasteiger partial charge in [0.15, 0.2) is 0 Å². The third kappa shape index (κ3) is 4.61. The highest BCUT2D eigenvalue weighted by Gasteiger charge is 2.28. The quantitative estimate of drug-likeness (QED) is 0.541. The van der Waals surface area contributed by atoms with Crippen LogP contribution in [0.5, 0.6) is 0 Å². The molecule has 0 radical (unpaired) electrons. The Labute approximate surface area is 190 Å². The van der Waals surface area contributed by atoms with Crippen molar-refractivity contribution in [2.75, 3.05) is 6.54 Å². The van der Waals surface area contributed by atoms with E-state index in [0.717, 1.165) is 16.6 Å². The number of rotatable bonds is 7. The van der Waals surface area contributed by atoms with Gasteiger partial charge in [0, 0.05) is 43.9 Å². The molecule has 1 aromatic carbocycles. The van der Waals surface area contributed by atoms with E-state index in [9.17, 15) is 14.0 Å². The molecule has 0 saturated carbocycles. The number of aryl methyl sites for hydroxylation is 2. The Balaban J connectivity index is 1.36. The summed E-state index contributed by atoms with van der Waals surface area (Å²) in [6.45, 7) is 9.13. The maximum absolute atomic E-state index is 13.8. The molecule has 1 aliphatic rings. The average Bonchev–Trinajstić information content (AvgIpc) is 3.17. The maximum atomic E-state index is 13.8. The monoisotopic (exact) mass is 456 g/mol. The molecule has 1 saturated heterocycles. The van der Waals surface area contributed by atoms with E-state index < -0.39 is 11.4 Å². The molecule has 3 aromatic rings. The molecule has 1 fully saturated rings. The van der Waals surface area contributed by atoms with Crippen molar-refractivity contribution < 1.29 is 9.13 Å². The number of hydrogen-bond acceptors (Lipinski definition) is 6. The SMILES string of the molecule is C=C1CC(OCc2ccccc2F)CC(C)N1CCCn1c(=O)n(C)c2nc(C)nn2c1=O. The first-order valence-corrected chi connectivity index (χ1v) is 11.1. The second-order valence-electron chi connectivity index (χ2n) is 8.57. The lowest BCUT2D eigenvalue weighted by Crippen LogP contribution is -2.45. The van der Waals surface area contributed by atoms with Gasteiger partial charge < -0.3 is 9.64 Å². The standard InChI is InChI=1S/C23H29FN6O3/c1-15-12-19(33-14-18-8-5-6-9-20(18)24)13-16(2)28(15)10-7-11-29-22(31)27(4)21-25-17(3)26-30(21)23(29)32/h5-6,8-9,16,19H,1,7,10-14H2,2-4H3. The van der Waals surface area contributed by atoms with Gasteiger partial charge >= 0.3 is 11.4 Å². The molecule has 10 heteroatoms. The van der Waals surface area contributed by atoms with Crippen molar-refractivity contribution in [3.05, 3.63) is 74.7 Å². The van der Waals surface area contributed by atoms with Gasteiger partial charge in [-0.2, -0.15) is 4.98 Å². The molecule has 0 spiro atoms. The van der Waals surface area contributed by atoms with Gasteiger partial charge in [-0.1, -0.05) is 24.8 Å². The Morgan fingerprint density at radius 2 is 1.97 bits per heavy atom. The predicted molar refractivity (Wildman–Crippen MR) is 121 cm³/mol. The van der Waals surface area contributed by atoms with Gasteiger partial charge in [-0.05, 0) is 32.8 Å². The number of halogens is 1. The van der Waals surface area contributed by atoms with E-state index >= 15 is 0 Å². The minimum Gasteiger partial charge on any atom is -0.373 e. The lowest BCUT2D eigenvalue weighted by atomic mass is 9.97. The second-order valence-corrected chi connectivity index (χ2v) is 8.57. The summed E-state index contributed by atoms with van der Waals surface area (Å²) in [6, 6.07) is 6.80. The summed E-state index contributed by atoms with van der Waals surface area (Å²) in [4.78, 5) is 31.7. The van der Waals surface area contributed by atoms with Crippen LogP contribution in [0, 0.1) is 12.7 Å². The van der Waals surface area contributed by atoms with E-state index in [1.54, 1.807) is 32.2 Å². The minimum absolute atomic E-state index is 0.0313. The summed E-state index contributed by atoms with van der Waals surface area (Å²) in [6.07, 6.45) is 2.01. The van der Waals surface area contributed by atoms with Crippen molar-refractivity contribution in [1.29, 1.82) is 0 Å². The molecule has 176 valence electrons. The first kappa shape index (κ1) is 22.9.